The summed E-state index contributed by atoms with van der Waals surface area (Å²) in [6, 6.07) is 0. The smallest absolute Gasteiger partial charge is 0.310 e. The van der Waals surface area contributed by atoms with Gasteiger partial charge in [0, 0.05) is 12.5 Å². The molecule has 2 saturated carbocycles. The second-order valence-corrected chi connectivity index (χ2v) is 5.46. The zero-order valence-electron chi connectivity index (χ0n) is 8.79. The van der Waals surface area contributed by atoms with Crippen molar-refractivity contribution in [1.29, 1.82) is 0 Å². The molecule has 80 valence electrons. The molecule has 0 radical (unpaired) electrons. The Bertz CT molecular complexity index is 272. The second kappa shape index (κ2) is 2.72. The Balaban J connectivity index is 2.40. The molecule has 2 N–H and O–H groups in total. The first kappa shape index (κ1) is 9.97. The quantitative estimate of drug-likeness (QED) is 0.707. The fourth-order valence-corrected chi connectivity index (χ4v) is 3.78. The van der Waals surface area contributed by atoms with Crippen LogP contribution in [0.2, 0.25) is 0 Å². The van der Waals surface area contributed by atoms with Gasteiger partial charge in [0.25, 0.3) is 0 Å². The van der Waals surface area contributed by atoms with Gasteiger partial charge in [0.2, 0.25) is 0 Å². The van der Waals surface area contributed by atoms with Crippen LogP contribution >= 0.6 is 0 Å². The monoisotopic (exact) mass is 198 g/mol. The summed E-state index contributed by atoms with van der Waals surface area (Å²) in [6.07, 6.45) is 2.53. The van der Waals surface area contributed by atoms with E-state index in [9.17, 15) is 15.0 Å². The van der Waals surface area contributed by atoms with Crippen LogP contribution in [0, 0.1) is 22.7 Å². The minimum absolute atomic E-state index is 0.00854. The predicted octanol–water partition coefficient (Wildman–Crippen LogP) is 1.51. The van der Waals surface area contributed by atoms with Crippen molar-refractivity contribution >= 4 is 5.97 Å². The van der Waals surface area contributed by atoms with E-state index >= 15 is 0 Å². The van der Waals surface area contributed by atoms with Gasteiger partial charge in [0.1, 0.15) is 0 Å². The lowest BCUT2D eigenvalue weighted by molar-refractivity contribution is -0.155. The van der Waals surface area contributed by atoms with Crippen molar-refractivity contribution < 1.29 is 15.0 Å². The van der Waals surface area contributed by atoms with Gasteiger partial charge in [-0.25, -0.2) is 0 Å². The number of carboxylic acids is 1. The summed E-state index contributed by atoms with van der Waals surface area (Å²) in [6.45, 7) is 4.21. The summed E-state index contributed by atoms with van der Waals surface area (Å²) < 4.78 is 0. The molecule has 3 nitrogen and oxygen atoms in total. The Kier molecular flexibility index (Phi) is 1.94. The van der Waals surface area contributed by atoms with Crippen molar-refractivity contribution in [3.05, 3.63) is 0 Å². The van der Waals surface area contributed by atoms with Crippen molar-refractivity contribution in [1.82, 2.24) is 0 Å². The predicted molar refractivity (Wildman–Crippen MR) is 51.8 cm³/mol. The third-order valence-corrected chi connectivity index (χ3v) is 4.78. The van der Waals surface area contributed by atoms with Gasteiger partial charge in [0.05, 0.1) is 5.41 Å². The molecule has 0 heterocycles. The third kappa shape index (κ3) is 0.937. The summed E-state index contributed by atoms with van der Waals surface area (Å²) in [5.41, 5.74) is -0.631. The van der Waals surface area contributed by atoms with Gasteiger partial charge in [-0.15, -0.1) is 0 Å². The van der Waals surface area contributed by atoms with E-state index in [-0.39, 0.29) is 17.9 Å². The molecule has 2 bridgehead atoms. The molecule has 0 saturated heterocycles. The number of aliphatic hydroxyl groups is 1. The number of hydrogen-bond acceptors (Lipinski definition) is 2. The van der Waals surface area contributed by atoms with Crippen molar-refractivity contribution in [3.63, 3.8) is 0 Å². The average Bonchev–Trinajstić information content (AvgIpc) is 2.58. The van der Waals surface area contributed by atoms with Crippen LogP contribution < -0.4 is 0 Å². The molecule has 0 aromatic heterocycles. The van der Waals surface area contributed by atoms with Gasteiger partial charge in [0.15, 0.2) is 0 Å². The van der Waals surface area contributed by atoms with Crippen molar-refractivity contribution in [2.24, 2.45) is 22.7 Å². The highest BCUT2D eigenvalue weighted by Gasteiger charge is 2.64. The molecule has 2 fully saturated rings. The molecule has 0 aliphatic heterocycles. The van der Waals surface area contributed by atoms with E-state index in [0.29, 0.717) is 5.92 Å². The Hall–Kier alpha value is -0.570. The first-order valence-electron chi connectivity index (χ1n) is 5.29. The molecule has 0 spiro atoms. The Labute approximate surface area is 84.1 Å². The van der Waals surface area contributed by atoms with Crippen LogP contribution in [0.5, 0.6) is 0 Å². The maximum Gasteiger partial charge on any atom is 0.310 e. The summed E-state index contributed by atoms with van der Waals surface area (Å²) in [4.78, 5) is 11.3. The van der Waals surface area contributed by atoms with E-state index in [1.807, 2.05) is 0 Å². The van der Waals surface area contributed by atoms with Crippen molar-refractivity contribution in [3.8, 4) is 0 Å². The van der Waals surface area contributed by atoms with E-state index in [1.165, 1.54) is 0 Å². The van der Waals surface area contributed by atoms with Crippen molar-refractivity contribution in [2.45, 2.75) is 33.1 Å². The van der Waals surface area contributed by atoms with Crippen LogP contribution in [0.25, 0.3) is 0 Å². The first-order chi connectivity index (χ1) is 6.45. The normalized spacial score (nSPS) is 44.2. The SMILES string of the molecule is CC1(C)C2CCC(C(=O)O)(C2)C1CO. The van der Waals surface area contributed by atoms with Crippen LogP contribution in [0.1, 0.15) is 33.1 Å². The van der Waals surface area contributed by atoms with Gasteiger partial charge < -0.3 is 10.2 Å². The van der Waals surface area contributed by atoms with Crippen LogP contribution in [0.15, 0.2) is 0 Å². The molecule has 0 aromatic rings. The molecule has 0 amide bonds. The molecular formula is C11H18O3. The lowest BCUT2D eigenvalue weighted by atomic mass is 9.63. The number of aliphatic hydroxyl groups excluding tert-OH is 1. The minimum Gasteiger partial charge on any atom is -0.481 e. The molecule has 14 heavy (non-hydrogen) atoms. The third-order valence-electron chi connectivity index (χ3n) is 4.78. The van der Waals surface area contributed by atoms with Gasteiger partial charge >= 0.3 is 5.97 Å². The van der Waals surface area contributed by atoms with Crippen molar-refractivity contribution in [2.75, 3.05) is 6.61 Å². The lowest BCUT2D eigenvalue weighted by Gasteiger charge is -2.41. The molecule has 0 aromatic carbocycles. The van der Waals surface area contributed by atoms with Crippen LogP contribution in [-0.4, -0.2) is 22.8 Å². The second-order valence-electron chi connectivity index (χ2n) is 5.46. The van der Waals surface area contributed by atoms with E-state index in [2.05, 4.69) is 13.8 Å². The number of carboxylic acid groups (broad SMARTS) is 1. The van der Waals surface area contributed by atoms with Gasteiger partial charge in [-0.1, -0.05) is 13.8 Å². The number of hydrogen-bond donors (Lipinski definition) is 2. The van der Waals surface area contributed by atoms with Crippen LogP contribution in [0.3, 0.4) is 0 Å². The largest absolute Gasteiger partial charge is 0.481 e. The first-order valence-corrected chi connectivity index (χ1v) is 5.29. The highest BCUT2D eigenvalue weighted by molar-refractivity contribution is 5.76. The van der Waals surface area contributed by atoms with Crippen LogP contribution in [-0.2, 0) is 4.79 Å². The van der Waals surface area contributed by atoms with Gasteiger partial charge in [-0.2, -0.15) is 0 Å². The zero-order chi connectivity index (χ0) is 10.6. The number of rotatable bonds is 2. The van der Waals surface area contributed by atoms with Gasteiger partial charge in [-0.05, 0) is 30.6 Å². The fourth-order valence-electron chi connectivity index (χ4n) is 3.78. The number of aliphatic carboxylic acids is 1. The molecular weight excluding hydrogens is 180 g/mol. The highest BCUT2D eigenvalue weighted by atomic mass is 16.4. The number of carbonyl (C=O) groups is 1. The van der Waals surface area contributed by atoms with E-state index in [0.717, 1.165) is 19.3 Å². The van der Waals surface area contributed by atoms with E-state index < -0.39 is 11.4 Å². The molecule has 2 aliphatic carbocycles. The maximum absolute atomic E-state index is 11.3. The molecule has 3 atom stereocenters. The zero-order valence-corrected chi connectivity index (χ0v) is 8.79. The molecule has 3 unspecified atom stereocenters. The van der Waals surface area contributed by atoms with Gasteiger partial charge in [-0.3, -0.25) is 4.79 Å². The average molecular weight is 198 g/mol. The molecule has 3 heteroatoms. The lowest BCUT2D eigenvalue weighted by Crippen LogP contribution is -2.43. The van der Waals surface area contributed by atoms with E-state index in [1.54, 1.807) is 0 Å². The molecule has 2 rings (SSSR count). The summed E-state index contributed by atoms with van der Waals surface area (Å²) in [5, 5.41) is 18.7. The Morgan fingerprint density at radius 3 is 2.57 bits per heavy atom. The number of fused-ring (bicyclic) bond motifs is 2. The topological polar surface area (TPSA) is 57.5 Å². The highest BCUT2D eigenvalue weighted by Crippen LogP contribution is 2.65. The van der Waals surface area contributed by atoms with Crippen LogP contribution in [0.4, 0.5) is 0 Å². The molecule has 2 aliphatic rings. The summed E-state index contributed by atoms with van der Waals surface area (Å²) >= 11 is 0. The summed E-state index contributed by atoms with van der Waals surface area (Å²) in [5.74, 6) is -0.286. The summed E-state index contributed by atoms with van der Waals surface area (Å²) in [7, 11) is 0. The fraction of sp³-hybridized carbons (Fsp3) is 0.909. The Morgan fingerprint density at radius 2 is 2.14 bits per heavy atom. The minimum atomic E-state index is -0.704. The maximum atomic E-state index is 11.3. The standard InChI is InChI=1S/C11H18O3/c1-10(2)7-3-4-11(5-7,9(13)14)8(10)6-12/h7-8,12H,3-6H2,1-2H3,(H,13,14). The Morgan fingerprint density at radius 1 is 1.50 bits per heavy atom. The van der Waals surface area contributed by atoms with E-state index in [4.69, 9.17) is 0 Å².